The van der Waals surface area contributed by atoms with Crippen LogP contribution in [0.25, 0.3) is 10.8 Å². The fourth-order valence-electron chi connectivity index (χ4n) is 2.50. The van der Waals surface area contributed by atoms with Gasteiger partial charge in [0, 0.05) is 6.04 Å². The summed E-state index contributed by atoms with van der Waals surface area (Å²) < 4.78 is 4.73. The van der Waals surface area contributed by atoms with E-state index in [0.717, 1.165) is 6.42 Å². The van der Waals surface area contributed by atoms with E-state index in [0.29, 0.717) is 6.42 Å². The molecule has 0 fully saturated rings. The normalized spacial score (nSPS) is 13.3. The number of halogens is 1. The predicted octanol–water partition coefficient (Wildman–Crippen LogP) is 3.33. The van der Waals surface area contributed by atoms with Crippen molar-refractivity contribution in [3.63, 3.8) is 0 Å². The Morgan fingerprint density at radius 1 is 1.19 bits per heavy atom. The number of esters is 1. The highest BCUT2D eigenvalue weighted by molar-refractivity contribution is 5.85. The van der Waals surface area contributed by atoms with Crippen molar-refractivity contribution in [2.75, 3.05) is 7.11 Å². The van der Waals surface area contributed by atoms with Gasteiger partial charge in [0.15, 0.2) is 0 Å². The van der Waals surface area contributed by atoms with E-state index in [1.54, 1.807) is 0 Å². The number of carbonyl (C=O) groups excluding carboxylic acids is 1. The lowest BCUT2D eigenvalue weighted by atomic mass is 9.95. The van der Waals surface area contributed by atoms with E-state index in [1.807, 2.05) is 19.1 Å². The number of fused-ring (bicyclic) bond motifs is 1. The molecule has 0 amide bonds. The topological polar surface area (TPSA) is 52.3 Å². The predicted molar refractivity (Wildman–Crippen MR) is 88.7 cm³/mol. The van der Waals surface area contributed by atoms with Crippen molar-refractivity contribution in [3.8, 4) is 0 Å². The molecule has 0 saturated carbocycles. The van der Waals surface area contributed by atoms with Crippen LogP contribution in [0, 0.1) is 5.92 Å². The summed E-state index contributed by atoms with van der Waals surface area (Å²) in [6, 6.07) is 14.6. The van der Waals surface area contributed by atoms with Gasteiger partial charge in [0.05, 0.1) is 13.0 Å². The summed E-state index contributed by atoms with van der Waals surface area (Å²) in [7, 11) is 1.41. The van der Waals surface area contributed by atoms with Crippen LogP contribution in [0.1, 0.15) is 18.9 Å². The van der Waals surface area contributed by atoms with E-state index in [-0.39, 0.29) is 30.3 Å². The molecule has 2 aromatic rings. The average molecular weight is 308 g/mol. The Labute approximate surface area is 131 Å². The average Bonchev–Trinajstić information content (AvgIpc) is 2.46. The van der Waals surface area contributed by atoms with Crippen molar-refractivity contribution >= 4 is 29.1 Å². The van der Waals surface area contributed by atoms with Crippen molar-refractivity contribution in [1.82, 2.24) is 0 Å². The molecule has 3 nitrogen and oxygen atoms in total. The summed E-state index contributed by atoms with van der Waals surface area (Å²) in [6.45, 7) is 1.85. The lowest BCUT2D eigenvalue weighted by molar-refractivity contribution is -0.145. The minimum atomic E-state index is -0.195. The van der Waals surface area contributed by atoms with E-state index in [1.165, 1.54) is 23.4 Å². The van der Waals surface area contributed by atoms with Crippen molar-refractivity contribution in [3.05, 3.63) is 48.0 Å². The number of carbonyl (C=O) groups is 1. The lowest BCUT2D eigenvalue weighted by Gasteiger charge is -2.16. The second-order valence-electron chi connectivity index (χ2n) is 5.31. The Bertz CT molecular complexity index is 600. The first-order valence-electron chi connectivity index (χ1n) is 6.91. The fourth-order valence-corrected chi connectivity index (χ4v) is 2.50. The number of ether oxygens (including phenoxy) is 1. The van der Waals surface area contributed by atoms with Gasteiger partial charge in [-0.15, -0.1) is 12.4 Å². The summed E-state index contributed by atoms with van der Waals surface area (Å²) in [5.41, 5.74) is 7.34. The molecule has 0 spiro atoms. The van der Waals surface area contributed by atoms with Crippen LogP contribution in [0.15, 0.2) is 42.5 Å². The van der Waals surface area contributed by atoms with Gasteiger partial charge in [0.2, 0.25) is 0 Å². The summed E-state index contributed by atoms with van der Waals surface area (Å²) in [4.78, 5) is 11.4. The van der Waals surface area contributed by atoms with Crippen molar-refractivity contribution in [1.29, 1.82) is 0 Å². The molecule has 2 rings (SSSR count). The highest BCUT2D eigenvalue weighted by atomic mass is 35.5. The highest BCUT2D eigenvalue weighted by Crippen LogP contribution is 2.18. The standard InChI is InChI=1S/C17H21NO2.ClH/c1-12(17(19)20-2)9-16(18)11-13-7-8-14-5-3-4-6-15(14)10-13;/h3-8,10,12,16H,9,11,18H2,1-2H3;1H/t12-,16+;/m0./s1. The van der Waals surface area contributed by atoms with Crippen LogP contribution in [-0.4, -0.2) is 19.1 Å². The zero-order chi connectivity index (χ0) is 14.5. The zero-order valence-electron chi connectivity index (χ0n) is 12.4. The number of benzene rings is 2. The molecule has 0 aliphatic heterocycles. The second-order valence-corrected chi connectivity index (χ2v) is 5.31. The van der Waals surface area contributed by atoms with Gasteiger partial charge in [-0.25, -0.2) is 0 Å². The van der Waals surface area contributed by atoms with Crippen molar-refractivity contribution in [2.24, 2.45) is 11.7 Å². The Morgan fingerprint density at radius 3 is 2.52 bits per heavy atom. The van der Waals surface area contributed by atoms with Gasteiger partial charge in [-0.1, -0.05) is 49.4 Å². The third-order valence-corrected chi connectivity index (χ3v) is 3.57. The van der Waals surface area contributed by atoms with Gasteiger partial charge in [0.1, 0.15) is 0 Å². The molecule has 4 heteroatoms. The molecule has 0 radical (unpaired) electrons. The van der Waals surface area contributed by atoms with E-state index in [9.17, 15) is 4.79 Å². The van der Waals surface area contributed by atoms with Gasteiger partial charge < -0.3 is 10.5 Å². The maximum atomic E-state index is 11.4. The molecule has 0 aliphatic carbocycles. The van der Waals surface area contributed by atoms with Gasteiger partial charge in [0.25, 0.3) is 0 Å². The smallest absolute Gasteiger partial charge is 0.308 e. The minimum absolute atomic E-state index is 0. The van der Waals surface area contributed by atoms with Gasteiger partial charge in [-0.3, -0.25) is 4.79 Å². The van der Waals surface area contributed by atoms with E-state index in [2.05, 4.69) is 30.3 Å². The molecule has 2 N–H and O–H groups in total. The summed E-state index contributed by atoms with van der Waals surface area (Å²) in [6.07, 6.45) is 1.41. The van der Waals surface area contributed by atoms with E-state index in [4.69, 9.17) is 10.5 Å². The molecule has 0 aliphatic rings. The fraction of sp³-hybridized carbons (Fsp3) is 0.353. The number of hydrogen-bond donors (Lipinski definition) is 1. The SMILES string of the molecule is COC(=O)[C@@H](C)C[C@@H](N)Cc1ccc2ccccc2c1.Cl. The molecule has 2 atom stereocenters. The number of methoxy groups -OCH3 is 1. The van der Waals surface area contributed by atoms with Gasteiger partial charge in [-0.2, -0.15) is 0 Å². The first-order chi connectivity index (χ1) is 9.60. The van der Waals surface area contributed by atoms with Gasteiger partial charge in [-0.05, 0) is 29.2 Å². The number of nitrogens with two attached hydrogens (primary N) is 1. The van der Waals surface area contributed by atoms with Crippen molar-refractivity contribution < 1.29 is 9.53 Å². The molecular weight excluding hydrogens is 286 g/mol. The molecule has 0 heterocycles. The quantitative estimate of drug-likeness (QED) is 0.862. The molecule has 0 saturated heterocycles. The first-order valence-corrected chi connectivity index (χ1v) is 6.91. The Balaban J connectivity index is 0.00000220. The first kappa shape index (κ1) is 17.5. The number of rotatable bonds is 5. The summed E-state index contributed by atoms with van der Waals surface area (Å²) in [5.74, 6) is -0.352. The van der Waals surface area contributed by atoms with Crippen LogP contribution in [0.4, 0.5) is 0 Å². The minimum Gasteiger partial charge on any atom is -0.469 e. The molecule has 2 aromatic carbocycles. The lowest BCUT2D eigenvalue weighted by Crippen LogP contribution is -2.28. The van der Waals surface area contributed by atoms with Crippen LogP contribution in [0.3, 0.4) is 0 Å². The Morgan fingerprint density at radius 2 is 1.86 bits per heavy atom. The Hall–Kier alpha value is -1.58. The van der Waals surface area contributed by atoms with Crippen LogP contribution >= 0.6 is 12.4 Å². The second kappa shape index (κ2) is 8.01. The zero-order valence-corrected chi connectivity index (χ0v) is 13.2. The summed E-state index contributed by atoms with van der Waals surface area (Å²) in [5, 5.41) is 2.45. The summed E-state index contributed by atoms with van der Waals surface area (Å²) >= 11 is 0. The third kappa shape index (κ3) is 4.73. The van der Waals surface area contributed by atoms with Crippen LogP contribution in [0.2, 0.25) is 0 Å². The monoisotopic (exact) mass is 307 g/mol. The van der Waals surface area contributed by atoms with Crippen molar-refractivity contribution in [2.45, 2.75) is 25.8 Å². The Kier molecular flexibility index (Phi) is 6.66. The largest absolute Gasteiger partial charge is 0.469 e. The molecule has 0 bridgehead atoms. The third-order valence-electron chi connectivity index (χ3n) is 3.57. The maximum absolute atomic E-state index is 11.4. The molecule has 0 unspecified atom stereocenters. The van der Waals surface area contributed by atoms with E-state index >= 15 is 0 Å². The molecule has 114 valence electrons. The van der Waals surface area contributed by atoms with Crippen LogP contribution in [-0.2, 0) is 16.0 Å². The molecule has 0 aromatic heterocycles. The van der Waals surface area contributed by atoms with Crippen LogP contribution in [0.5, 0.6) is 0 Å². The highest BCUT2D eigenvalue weighted by Gasteiger charge is 2.17. The van der Waals surface area contributed by atoms with E-state index < -0.39 is 0 Å². The van der Waals surface area contributed by atoms with Gasteiger partial charge >= 0.3 is 5.97 Å². The molecular formula is C17H22ClNO2. The van der Waals surface area contributed by atoms with Crippen LogP contribution < -0.4 is 5.73 Å². The number of hydrogen-bond acceptors (Lipinski definition) is 3. The molecule has 21 heavy (non-hydrogen) atoms. The maximum Gasteiger partial charge on any atom is 0.308 e.